The van der Waals surface area contributed by atoms with Gasteiger partial charge in [0.05, 0.1) is 0 Å². The third-order valence-electron chi connectivity index (χ3n) is 2.11. The van der Waals surface area contributed by atoms with Crippen molar-refractivity contribution < 1.29 is 16.8 Å². The topological polar surface area (TPSA) is 119 Å². The number of hydrogen-bond acceptors (Lipinski definition) is 6. The van der Waals surface area contributed by atoms with Crippen LogP contribution in [0, 0.1) is 0 Å². The minimum absolute atomic E-state index is 0.102. The molecule has 0 aliphatic carbocycles. The Labute approximate surface area is 106 Å². The number of pyridine rings is 1. The Kier molecular flexibility index (Phi) is 4.43. The first kappa shape index (κ1) is 15.0. The third kappa shape index (κ3) is 3.73. The highest BCUT2D eigenvalue weighted by Gasteiger charge is 2.18. The maximum absolute atomic E-state index is 11.8. The van der Waals surface area contributed by atoms with E-state index in [1.165, 1.54) is 6.07 Å². The molecule has 0 fully saturated rings. The van der Waals surface area contributed by atoms with Crippen LogP contribution >= 0.6 is 0 Å². The van der Waals surface area contributed by atoms with Crippen LogP contribution in [0.5, 0.6) is 0 Å². The van der Waals surface area contributed by atoms with Crippen molar-refractivity contribution >= 4 is 19.9 Å². The largest absolute Gasteiger partial charge is 0.329 e. The lowest BCUT2D eigenvalue weighted by molar-refractivity contribution is 0.561. The number of sulfone groups is 1. The van der Waals surface area contributed by atoms with Crippen molar-refractivity contribution in [2.75, 3.05) is 12.8 Å². The van der Waals surface area contributed by atoms with E-state index >= 15 is 0 Å². The van der Waals surface area contributed by atoms with E-state index in [1.807, 2.05) is 0 Å². The smallest absolute Gasteiger partial charge is 0.242 e. The van der Waals surface area contributed by atoms with Gasteiger partial charge in [-0.25, -0.2) is 26.5 Å². The summed E-state index contributed by atoms with van der Waals surface area (Å²) in [7, 11) is -7.16. The molecule has 0 amide bonds. The molecule has 18 heavy (non-hydrogen) atoms. The summed E-state index contributed by atoms with van der Waals surface area (Å²) in [4.78, 5) is 3.51. The van der Waals surface area contributed by atoms with E-state index in [0.29, 0.717) is 0 Å². The molecule has 0 saturated heterocycles. The molecule has 0 bridgehead atoms. The zero-order chi connectivity index (χ0) is 14.0. The van der Waals surface area contributed by atoms with E-state index in [1.54, 1.807) is 6.92 Å². The highest BCUT2D eigenvalue weighted by molar-refractivity contribution is 7.90. The molecule has 1 rings (SSSR count). The predicted molar refractivity (Wildman–Crippen MR) is 66.2 cm³/mol. The Morgan fingerprint density at radius 3 is 2.33 bits per heavy atom. The standard InChI is InChI=1S/C9H15N3O4S2/c1-7(5-10)12-18(15,16)8-3-4-9(11-6-8)17(2,13)14/h3-4,6-7,12H,5,10H2,1-2H3/t7-/m1/s1. The van der Waals surface area contributed by atoms with E-state index in [2.05, 4.69) is 9.71 Å². The minimum atomic E-state index is -3.72. The van der Waals surface area contributed by atoms with Crippen LogP contribution in [0.1, 0.15) is 6.92 Å². The van der Waals surface area contributed by atoms with Crippen molar-refractivity contribution in [3.8, 4) is 0 Å². The summed E-state index contributed by atoms with van der Waals surface area (Å²) >= 11 is 0. The highest BCUT2D eigenvalue weighted by Crippen LogP contribution is 2.11. The van der Waals surface area contributed by atoms with Gasteiger partial charge in [0.15, 0.2) is 14.9 Å². The molecule has 3 N–H and O–H groups in total. The van der Waals surface area contributed by atoms with Gasteiger partial charge < -0.3 is 5.73 Å². The number of aromatic nitrogens is 1. The minimum Gasteiger partial charge on any atom is -0.329 e. The number of sulfonamides is 1. The Hall–Kier alpha value is -1.03. The highest BCUT2D eigenvalue weighted by atomic mass is 32.2. The normalized spacial score (nSPS) is 14.4. The molecule has 0 spiro atoms. The summed E-state index contributed by atoms with van der Waals surface area (Å²) in [6.07, 6.45) is 2.00. The molecule has 1 heterocycles. The molecule has 1 atom stereocenters. The molecule has 0 aliphatic rings. The lowest BCUT2D eigenvalue weighted by atomic mass is 10.4. The predicted octanol–water partition coefficient (Wildman–Crippen LogP) is -0.889. The Bertz CT molecular complexity index is 608. The van der Waals surface area contributed by atoms with Crippen LogP contribution in [-0.4, -0.2) is 40.7 Å². The number of nitrogens with two attached hydrogens (primary N) is 1. The summed E-state index contributed by atoms with van der Waals surface area (Å²) in [5.41, 5.74) is 5.32. The quantitative estimate of drug-likeness (QED) is 0.727. The average Bonchev–Trinajstić information content (AvgIpc) is 2.27. The van der Waals surface area contributed by atoms with Crippen LogP contribution in [0.3, 0.4) is 0 Å². The van der Waals surface area contributed by atoms with Gasteiger partial charge in [-0.2, -0.15) is 0 Å². The van der Waals surface area contributed by atoms with Crippen LogP contribution in [0.25, 0.3) is 0 Å². The zero-order valence-electron chi connectivity index (χ0n) is 9.99. The SMILES string of the molecule is C[C@H](CN)NS(=O)(=O)c1ccc(S(C)(=O)=O)nc1. The van der Waals surface area contributed by atoms with Crippen LogP contribution in [0.2, 0.25) is 0 Å². The molecule has 102 valence electrons. The molecule has 0 aromatic carbocycles. The Balaban J connectivity index is 3.06. The van der Waals surface area contributed by atoms with Gasteiger partial charge >= 0.3 is 0 Å². The second-order valence-electron chi connectivity index (χ2n) is 3.86. The molecular weight excluding hydrogens is 278 g/mol. The fourth-order valence-electron chi connectivity index (χ4n) is 1.13. The van der Waals surface area contributed by atoms with Crippen LogP contribution in [0.4, 0.5) is 0 Å². The van der Waals surface area contributed by atoms with Crippen molar-refractivity contribution in [3.05, 3.63) is 18.3 Å². The van der Waals surface area contributed by atoms with E-state index in [9.17, 15) is 16.8 Å². The first-order chi connectivity index (χ1) is 8.16. The number of rotatable bonds is 5. The third-order valence-corrected chi connectivity index (χ3v) is 4.69. The molecule has 0 aliphatic heterocycles. The fourth-order valence-corrected chi connectivity index (χ4v) is 2.89. The number of nitrogens with zero attached hydrogens (tertiary/aromatic N) is 1. The van der Waals surface area contributed by atoms with Gasteiger partial charge in [-0.1, -0.05) is 0 Å². The van der Waals surface area contributed by atoms with Gasteiger partial charge in [0.1, 0.15) is 4.90 Å². The fraction of sp³-hybridized carbons (Fsp3) is 0.444. The second-order valence-corrected chi connectivity index (χ2v) is 7.54. The van der Waals surface area contributed by atoms with Gasteiger partial charge in [-0.15, -0.1) is 0 Å². The molecule has 0 radical (unpaired) electrons. The first-order valence-corrected chi connectivity index (χ1v) is 8.43. The van der Waals surface area contributed by atoms with Crippen molar-refractivity contribution in [2.24, 2.45) is 5.73 Å². The molecular formula is C9H15N3O4S2. The van der Waals surface area contributed by atoms with Gasteiger partial charge in [0, 0.05) is 25.0 Å². The van der Waals surface area contributed by atoms with E-state index in [0.717, 1.165) is 18.5 Å². The van der Waals surface area contributed by atoms with E-state index < -0.39 is 25.9 Å². The lowest BCUT2D eigenvalue weighted by Gasteiger charge is -2.11. The molecule has 0 unspecified atom stereocenters. The monoisotopic (exact) mass is 293 g/mol. The van der Waals surface area contributed by atoms with Crippen LogP contribution in [0.15, 0.2) is 28.3 Å². The van der Waals surface area contributed by atoms with Crippen molar-refractivity contribution in [2.45, 2.75) is 22.9 Å². The summed E-state index contributed by atoms with van der Waals surface area (Å²) in [6.45, 7) is 1.78. The molecule has 1 aromatic rings. The summed E-state index contributed by atoms with van der Waals surface area (Å²) in [6, 6.07) is 1.93. The van der Waals surface area contributed by atoms with Gasteiger partial charge in [0.2, 0.25) is 10.0 Å². The average molecular weight is 293 g/mol. The first-order valence-electron chi connectivity index (χ1n) is 5.05. The van der Waals surface area contributed by atoms with Crippen molar-refractivity contribution in [3.63, 3.8) is 0 Å². The molecule has 7 nitrogen and oxygen atoms in total. The Morgan fingerprint density at radius 1 is 1.33 bits per heavy atom. The van der Waals surface area contributed by atoms with Gasteiger partial charge in [-0.3, -0.25) is 0 Å². The van der Waals surface area contributed by atoms with Crippen LogP contribution in [-0.2, 0) is 19.9 Å². The van der Waals surface area contributed by atoms with Gasteiger partial charge in [-0.05, 0) is 19.1 Å². The summed E-state index contributed by atoms with van der Waals surface area (Å²) in [5, 5.41) is -0.173. The van der Waals surface area contributed by atoms with E-state index in [-0.39, 0.29) is 16.5 Å². The summed E-state index contributed by atoms with van der Waals surface area (Å²) in [5.74, 6) is 0. The molecule has 1 aromatic heterocycles. The molecule has 9 heteroatoms. The molecule has 0 saturated carbocycles. The van der Waals surface area contributed by atoms with Crippen LogP contribution < -0.4 is 10.5 Å². The zero-order valence-corrected chi connectivity index (χ0v) is 11.6. The van der Waals surface area contributed by atoms with Crippen molar-refractivity contribution in [1.29, 1.82) is 0 Å². The maximum Gasteiger partial charge on any atom is 0.242 e. The maximum atomic E-state index is 11.8. The van der Waals surface area contributed by atoms with E-state index in [4.69, 9.17) is 5.73 Å². The lowest BCUT2D eigenvalue weighted by Crippen LogP contribution is -2.37. The number of hydrogen-bond donors (Lipinski definition) is 2. The van der Waals surface area contributed by atoms with Crippen molar-refractivity contribution in [1.82, 2.24) is 9.71 Å². The second kappa shape index (κ2) is 5.31. The number of nitrogens with one attached hydrogen (secondary N) is 1. The Morgan fingerprint density at radius 2 is 1.94 bits per heavy atom. The summed E-state index contributed by atoms with van der Waals surface area (Å²) < 4.78 is 48.3. The van der Waals surface area contributed by atoms with Gasteiger partial charge in [0.25, 0.3) is 0 Å².